The summed E-state index contributed by atoms with van der Waals surface area (Å²) < 4.78 is 11.2. The van der Waals surface area contributed by atoms with E-state index in [0.29, 0.717) is 23.8 Å². The van der Waals surface area contributed by atoms with Crippen molar-refractivity contribution in [2.24, 2.45) is 0 Å². The second kappa shape index (κ2) is 5.49. The average molecular weight is 293 g/mol. The molecule has 2 aromatic rings. The highest BCUT2D eigenvalue weighted by Crippen LogP contribution is 2.32. The minimum absolute atomic E-state index is 0.392. The van der Waals surface area contributed by atoms with Gasteiger partial charge < -0.3 is 14.4 Å². The molecule has 1 aliphatic heterocycles. The van der Waals surface area contributed by atoms with Crippen molar-refractivity contribution in [3.8, 4) is 11.5 Å². The van der Waals surface area contributed by atoms with Gasteiger partial charge in [0.05, 0.1) is 13.2 Å². The minimum Gasteiger partial charge on any atom is -0.457 e. The van der Waals surface area contributed by atoms with E-state index < -0.39 is 7.12 Å². The summed E-state index contributed by atoms with van der Waals surface area (Å²) in [6.07, 6.45) is 0. The fraction of sp³-hybridized carbons (Fsp3) is 0.235. The van der Waals surface area contributed by atoms with Crippen LogP contribution in [-0.4, -0.2) is 12.1 Å². The number of aryl methyl sites for hydroxylation is 3. The average Bonchev–Trinajstić information content (AvgIpc) is 2.80. The maximum absolute atomic E-state index is 9.78. The molecule has 1 N–H and O–H groups in total. The smallest absolute Gasteiger partial charge is 0.457 e. The van der Waals surface area contributed by atoms with Crippen LogP contribution in [0.25, 0.3) is 4.85 Å². The van der Waals surface area contributed by atoms with E-state index >= 15 is 0 Å². The second-order valence-electron chi connectivity index (χ2n) is 5.60. The topological polar surface area (TPSA) is 43.0 Å². The molecule has 22 heavy (non-hydrogen) atoms. The van der Waals surface area contributed by atoms with Crippen molar-refractivity contribution in [1.29, 1.82) is 0 Å². The number of fused-ring (bicyclic) bond motifs is 1. The van der Waals surface area contributed by atoms with Crippen LogP contribution in [0.15, 0.2) is 24.3 Å². The SMILES string of the molecule is [C-]#[N+]c1c(C)cc(Oc2cc(C)c3c(c2)COB3O)cc1C. The van der Waals surface area contributed by atoms with Crippen LogP contribution in [0.5, 0.6) is 11.5 Å². The van der Waals surface area contributed by atoms with Crippen molar-refractivity contribution < 1.29 is 14.4 Å². The molecule has 0 aliphatic carbocycles. The second-order valence-corrected chi connectivity index (χ2v) is 5.60. The molecule has 110 valence electrons. The monoisotopic (exact) mass is 293 g/mol. The van der Waals surface area contributed by atoms with Gasteiger partial charge in [0, 0.05) is 0 Å². The summed E-state index contributed by atoms with van der Waals surface area (Å²) in [6.45, 7) is 13.3. The zero-order valence-corrected chi connectivity index (χ0v) is 12.8. The van der Waals surface area contributed by atoms with Crippen molar-refractivity contribution in [2.75, 3.05) is 0 Å². The lowest BCUT2D eigenvalue weighted by molar-refractivity contribution is 0.275. The van der Waals surface area contributed by atoms with E-state index in [9.17, 15) is 5.02 Å². The van der Waals surface area contributed by atoms with Gasteiger partial charge in [-0.1, -0.05) is 0 Å². The Bertz CT molecular complexity index is 772. The summed E-state index contributed by atoms with van der Waals surface area (Å²) in [6, 6.07) is 7.53. The standard InChI is InChI=1S/C17H16BNO3/c1-10-5-15(8-13-9-21-18(20)16(10)13)22-14-6-11(2)17(19-4)12(3)7-14/h5-8,20H,9H2,1-3H3. The Labute approximate surface area is 130 Å². The summed E-state index contributed by atoms with van der Waals surface area (Å²) in [5.74, 6) is 1.42. The third-order valence-corrected chi connectivity index (χ3v) is 3.90. The molecule has 2 aromatic carbocycles. The van der Waals surface area contributed by atoms with Gasteiger partial charge >= 0.3 is 7.12 Å². The lowest BCUT2D eigenvalue weighted by Crippen LogP contribution is -2.30. The van der Waals surface area contributed by atoms with Gasteiger partial charge in [-0.05, 0) is 72.8 Å². The summed E-state index contributed by atoms with van der Waals surface area (Å²) in [5.41, 5.74) is 5.22. The first-order valence-corrected chi connectivity index (χ1v) is 7.09. The number of hydrogen-bond acceptors (Lipinski definition) is 3. The molecule has 0 aromatic heterocycles. The van der Waals surface area contributed by atoms with Crippen LogP contribution in [-0.2, 0) is 11.3 Å². The van der Waals surface area contributed by atoms with Gasteiger partial charge in [0.1, 0.15) is 11.5 Å². The Hall–Kier alpha value is -2.29. The van der Waals surface area contributed by atoms with E-state index in [4.69, 9.17) is 16.0 Å². The molecule has 4 nitrogen and oxygen atoms in total. The van der Waals surface area contributed by atoms with Crippen molar-refractivity contribution in [3.63, 3.8) is 0 Å². The van der Waals surface area contributed by atoms with Gasteiger partial charge in [0.15, 0.2) is 5.69 Å². The first-order valence-electron chi connectivity index (χ1n) is 7.09. The summed E-state index contributed by atoms with van der Waals surface area (Å²) in [5, 5.41) is 9.78. The third kappa shape index (κ3) is 2.48. The maximum Gasteiger partial charge on any atom is 0.492 e. The van der Waals surface area contributed by atoms with Gasteiger partial charge in [-0.2, -0.15) is 0 Å². The van der Waals surface area contributed by atoms with Crippen LogP contribution < -0.4 is 10.2 Å². The Morgan fingerprint density at radius 2 is 1.68 bits per heavy atom. The van der Waals surface area contributed by atoms with Crippen LogP contribution in [0.2, 0.25) is 0 Å². The van der Waals surface area contributed by atoms with E-state index in [0.717, 1.165) is 27.7 Å². The molecule has 5 heteroatoms. The van der Waals surface area contributed by atoms with E-state index in [2.05, 4.69) is 4.85 Å². The van der Waals surface area contributed by atoms with Crippen molar-refractivity contribution >= 4 is 18.3 Å². The van der Waals surface area contributed by atoms with Gasteiger partial charge in [-0.3, -0.25) is 0 Å². The van der Waals surface area contributed by atoms with Gasteiger partial charge in [0.2, 0.25) is 0 Å². The van der Waals surface area contributed by atoms with Crippen LogP contribution >= 0.6 is 0 Å². The zero-order valence-electron chi connectivity index (χ0n) is 12.8. The number of rotatable bonds is 2. The minimum atomic E-state index is -0.841. The Kier molecular flexibility index (Phi) is 3.65. The fourth-order valence-electron chi connectivity index (χ4n) is 2.91. The highest BCUT2D eigenvalue weighted by Gasteiger charge is 2.29. The number of hydrogen-bond donors (Lipinski definition) is 1. The number of ether oxygens (including phenoxy) is 1. The molecule has 0 bridgehead atoms. The van der Waals surface area contributed by atoms with Gasteiger partial charge in [-0.15, -0.1) is 0 Å². The largest absolute Gasteiger partial charge is 0.492 e. The molecule has 1 aliphatic rings. The highest BCUT2D eigenvalue weighted by atomic mass is 16.5. The van der Waals surface area contributed by atoms with Crippen molar-refractivity contribution in [3.05, 3.63) is 57.9 Å². The molecule has 3 rings (SSSR count). The number of nitrogens with zero attached hydrogens (tertiary/aromatic N) is 1. The quantitative estimate of drug-likeness (QED) is 0.683. The first kappa shape index (κ1) is 14.6. The van der Waals surface area contributed by atoms with E-state index in [-0.39, 0.29) is 0 Å². The van der Waals surface area contributed by atoms with E-state index in [1.54, 1.807) is 0 Å². The summed E-state index contributed by atoms with van der Waals surface area (Å²) in [7, 11) is -0.841. The predicted octanol–water partition coefficient (Wildman–Crippen LogP) is 3.17. The lowest BCUT2D eigenvalue weighted by Gasteiger charge is -2.12. The first-order chi connectivity index (χ1) is 10.5. The Morgan fingerprint density at radius 3 is 2.32 bits per heavy atom. The number of benzene rings is 2. The van der Waals surface area contributed by atoms with Crippen LogP contribution in [0.4, 0.5) is 5.69 Å². The van der Waals surface area contributed by atoms with Crippen LogP contribution in [0, 0.1) is 27.3 Å². The summed E-state index contributed by atoms with van der Waals surface area (Å²) >= 11 is 0. The molecule has 1 heterocycles. The van der Waals surface area contributed by atoms with Crippen molar-refractivity contribution in [1.82, 2.24) is 0 Å². The molecule has 0 saturated carbocycles. The van der Waals surface area contributed by atoms with Gasteiger partial charge in [-0.25, -0.2) is 4.85 Å². The molecule has 0 fully saturated rings. The normalized spacial score (nSPS) is 13.0. The molecular formula is C17H16BNO3. The Morgan fingerprint density at radius 1 is 1.09 bits per heavy atom. The molecule has 0 unspecified atom stereocenters. The van der Waals surface area contributed by atoms with Crippen LogP contribution in [0.3, 0.4) is 0 Å². The maximum atomic E-state index is 9.78. The molecular weight excluding hydrogens is 277 g/mol. The van der Waals surface area contributed by atoms with E-state index in [1.807, 2.05) is 45.0 Å². The molecule has 0 saturated heterocycles. The summed E-state index contributed by atoms with van der Waals surface area (Å²) in [4.78, 5) is 3.54. The Balaban J connectivity index is 1.95. The zero-order chi connectivity index (χ0) is 15.9. The third-order valence-electron chi connectivity index (χ3n) is 3.90. The van der Waals surface area contributed by atoms with Gasteiger partial charge in [0.25, 0.3) is 0 Å². The van der Waals surface area contributed by atoms with Crippen LogP contribution in [0.1, 0.15) is 22.3 Å². The highest BCUT2D eigenvalue weighted by molar-refractivity contribution is 6.62. The molecule has 0 radical (unpaired) electrons. The molecule has 0 spiro atoms. The lowest BCUT2D eigenvalue weighted by atomic mass is 9.76. The molecule has 0 atom stereocenters. The van der Waals surface area contributed by atoms with E-state index in [1.165, 1.54) is 0 Å². The fourth-order valence-corrected chi connectivity index (χ4v) is 2.91. The predicted molar refractivity (Wildman–Crippen MR) is 85.8 cm³/mol. The van der Waals surface area contributed by atoms with Crippen molar-refractivity contribution in [2.45, 2.75) is 27.4 Å². The molecule has 0 amide bonds.